The molecule has 5 heteroatoms. The monoisotopic (exact) mass is 325 g/mol. The second kappa shape index (κ2) is 6.76. The summed E-state index contributed by atoms with van der Waals surface area (Å²) in [5, 5.41) is 6.41. The van der Waals surface area contributed by atoms with E-state index in [0.29, 0.717) is 6.42 Å². The molecule has 3 nitrogen and oxygen atoms in total. The number of nitrogens with one attached hydrogen (secondary N) is 1. The molecule has 2 heterocycles. The van der Waals surface area contributed by atoms with E-state index in [-0.39, 0.29) is 11.9 Å². The third-order valence-corrected chi connectivity index (χ3v) is 4.29. The van der Waals surface area contributed by atoms with E-state index in [1.54, 1.807) is 23.7 Å². The van der Waals surface area contributed by atoms with Crippen LogP contribution in [0.3, 0.4) is 0 Å². The molecule has 23 heavy (non-hydrogen) atoms. The molecule has 0 fully saturated rings. The van der Waals surface area contributed by atoms with E-state index in [4.69, 9.17) is 0 Å². The van der Waals surface area contributed by atoms with Crippen LogP contribution in [0.4, 0.5) is 10.2 Å². The highest BCUT2D eigenvalue weighted by Gasteiger charge is 2.07. The van der Waals surface area contributed by atoms with Gasteiger partial charge in [-0.05, 0) is 49.1 Å². The van der Waals surface area contributed by atoms with Gasteiger partial charge in [0.25, 0.3) is 0 Å². The van der Waals surface area contributed by atoms with Gasteiger partial charge in [-0.1, -0.05) is 11.8 Å². The fourth-order valence-electron chi connectivity index (χ4n) is 2.26. The molecule has 1 atom stereocenters. The largest absolute Gasteiger partial charge is 0.366 e. The van der Waals surface area contributed by atoms with Crippen molar-refractivity contribution in [1.82, 2.24) is 9.97 Å². The Kier molecular flexibility index (Phi) is 4.54. The van der Waals surface area contributed by atoms with E-state index >= 15 is 0 Å². The van der Waals surface area contributed by atoms with Crippen LogP contribution in [0.5, 0.6) is 0 Å². The molecule has 0 aliphatic carbocycles. The summed E-state index contributed by atoms with van der Waals surface area (Å²) in [4.78, 5) is 9.52. The zero-order valence-electron chi connectivity index (χ0n) is 12.9. The van der Waals surface area contributed by atoms with Gasteiger partial charge in [-0.3, -0.25) is 0 Å². The van der Waals surface area contributed by atoms with Gasteiger partial charge in [-0.25, -0.2) is 14.4 Å². The summed E-state index contributed by atoms with van der Waals surface area (Å²) in [5.74, 6) is 6.86. The maximum absolute atomic E-state index is 13.1. The van der Waals surface area contributed by atoms with Crippen LogP contribution in [0.25, 0.3) is 10.2 Å². The molecule has 116 valence electrons. The van der Waals surface area contributed by atoms with Crippen LogP contribution in [0.15, 0.2) is 36.0 Å². The lowest BCUT2D eigenvalue weighted by molar-refractivity contribution is 0.626. The molecule has 0 saturated carbocycles. The van der Waals surface area contributed by atoms with Crippen LogP contribution >= 0.6 is 11.3 Å². The van der Waals surface area contributed by atoms with Crippen molar-refractivity contribution in [1.29, 1.82) is 0 Å². The lowest BCUT2D eigenvalue weighted by Gasteiger charge is -2.11. The number of hydrogen-bond acceptors (Lipinski definition) is 4. The Morgan fingerprint density at radius 2 is 2.17 bits per heavy atom. The third kappa shape index (κ3) is 3.66. The fraction of sp³-hybridized carbons (Fsp3) is 0.222. The summed E-state index contributed by atoms with van der Waals surface area (Å²) >= 11 is 1.60. The first-order valence-electron chi connectivity index (χ1n) is 7.33. The van der Waals surface area contributed by atoms with Gasteiger partial charge < -0.3 is 5.32 Å². The Morgan fingerprint density at radius 1 is 1.30 bits per heavy atom. The van der Waals surface area contributed by atoms with E-state index < -0.39 is 0 Å². The minimum absolute atomic E-state index is 0.154. The van der Waals surface area contributed by atoms with Crippen molar-refractivity contribution in [2.45, 2.75) is 26.3 Å². The van der Waals surface area contributed by atoms with Crippen molar-refractivity contribution in [2.24, 2.45) is 0 Å². The number of benzene rings is 1. The van der Waals surface area contributed by atoms with Gasteiger partial charge in [0.05, 0.1) is 5.39 Å². The predicted molar refractivity (Wildman–Crippen MR) is 93.1 cm³/mol. The van der Waals surface area contributed by atoms with E-state index in [1.807, 2.05) is 18.4 Å². The number of anilines is 1. The molecule has 0 spiro atoms. The molecule has 3 rings (SSSR count). The number of rotatable bonds is 3. The number of hydrogen-bond donors (Lipinski definition) is 1. The maximum Gasteiger partial charge on any atom is 0.138 e. The summed E-state index contributed by atoms with van der Waals surface area (Å²) < 4.78 is 13.1. The highest BCUT2D eigenvalue weighted by atomic mass is 32.1. The Labute approximate surface area is 138 Å². The van der Waals surface area contributed by atoms with Crippen LogP contribution in [-0.4, -0.2) is 16.0 Å². The van der Waals surface area contributed by atoms with Gasteiger partial charge in [0, 0.05) is 18.0 Å². The summed E-state index contributed by atoms with van der Waals surface area (Å²) in [6, 6.07) is 6.83. The van der Waals surface area contributed by atoms with Crippen molar-refractivity contribution in [3.8, 4) is 11.8 Å². The first-order chi connectivity index (χ1) is 11.1. The zero-order valence-corrected chi connectivity index (χ0v) is 13.7. The first kappa shape index (κ1) is 15.4. The number of fused-ring (bicyclic) bond motifs is 1. The molecule has 0 amide bonds. The van der Waals surface area contributed by atoms with Crippen molar-refractivity contribution < 1.29 is 4.39 Å². The van der Waals surface area contributed by atoms with Crippen LogP contribution < -0.4 is 5.32 Å². The third-order valence-electron chi connectivity index (χ3n) is 3.46. The summed E-state index contributed by atoms with van der Waals surface area (Å²) in [6.45, 7) is 3.93. The lowest BCUT2D eigenvalue weighted by Crippen LogP contribution is -2.15. The average Bonchev–Trinajstić information content (AvgIpc) is 2.99. The smallest absolute Gasteiger partial charge is 0.138 e. The second-order valence-corrected chi connectivity index (χ2v) is 6.27. The molecule has 1 N–H and O–H groups in total. The van der Waals surface area contributed by atoms with Gasteiger partial charge in [0.2, 0.25) is 0 Å². The van der Waals surface area contributed by atoms with Gasteiger partial charge in [0.15, 0.2) is 0 Å². The quantitative estimate of drug-likeness (QED) is 0.726. The van der Waals surface area contributed by atoms with Crippen LogP contribution in [0.1, 0.15) is 24.5 Å². The van der Waals surface area contributed by atoms with Crippen LogP contribution in [0, 0.1) is 24.6 Å². The van der Waals surface area contributed by atoms with E-state index in [1.165, 1.54) is 12.1 Å². The minimum Gasteiger partial charge on any atom is -0.366 e. The zero-order chi connectivity index (χ0) is 16.2. The predicted octanol–water partition coefficient (Wildman–Crippen LogP) is 4.38. The standard InChI is InChI=1S/C18H16FN3S/c1-12-10-15(19)7-6-14(12)5-3-4-13(2)22-17-16-8-9-23-18(16)21-11-20-17/h6-11,13H,4H2,1-2H3,(H,20,21,22). The molecule has 0 aliphatic rings. The van der Waals surface area contributed by atoms with Crippen molar-refractivity contribution >= 4 is 27.4 Å². The summed E-state index contributed by atoms with van der Waals surface area (Å²) in [6.07, 6.45) is 2.24. The molecule has 0 aliphatic heterocycles. The molecular weight excluding hydrogens is 309 g/mol. The first-order valence-corrected chi connectivity index (χ1v) is 8.21. The Bertz CT molecular complexity index is 892. The highest BCUT2D eigenvalue weighted by Crippen LogP contribution is 2.24. The van der Waals surface area contributed by atoms with Crippen LogP contribution in [0.2, 0.25) is 0 Å². The number of aromatic nitrogens is 2. The Balaban J connectivity index is 1.67. The molecular formula is C18H16FN3S. The number of aryl methyl sites for hydroxylation is 1. The van der Waals surface area contributed by atoms with E-state index in [2.05, 4.69) is 34.0 Å². The van der Waals surface area contributed by atoms with E-state index in [9.17, 15) is 4.39 Å². The van der Waals surface area contributed by atoms with Gasteiger partial charge in [-0.15, -0.1) is 11.3 Å². The number of thiophene rings is 1. The second-order valence-electron chi connectivity index (χ2n) is 5.37. The van der Waals surface area contributed by atoms with Crippen molar-refractivity contribution in [3.63, 3.8) is 0 Å². The molecule has 2 aromatic heterocycles. The molecule has 0 saturated heterocycles. The topological polar surface area (TPSA) is 37.8 Å². The molecule has 1 aromatic carbocycles. The maximum atomic E-state index is 13.1. The van der Waals surface area contributed by atoms with Crippen molar-refractivity contribution in [2.75, 3.05) is 5.32 Å². The van der Waals surface area contributed by atoms with Gasteiger partial charge in [-0.2, -0.15) is 0 Å². The molecule has 3 aromatic rings. The molecule has 0 bridgehead atoms. The highest BCUT2D eigenvalue weighted by molar-refractivity contribution is 7.16. The molecule has 0 radical (unpaired) electrons. The fourth-order valence-corrected chi connectivity index (χ4v) is 2.99. The van der Waals surface area contributed by atoms with Crippen molar-refractivity contribution in [3.05, 3.63) is 52.9 Å². The Morgan fingerprint density at radius 3 is 3.00 bits per heavy atom. The van der Waals surface area contributed by atoms with Gasteiger partial charge >= 0.3 is 0 Å². The summed E-state index contributed by atoms with van der Waals surface area (Å²) in [7, 11) is 0. The average molecular weight is 325 g/mol. The molecule has 1 unspecified atom stereocenters. The number of halogens is 1. The normalized spacial score (nSPS) is 11.8. The van der Waals surface area contributed by atoms with Crippen LogP contribution in [-0.2, 0) is 0 Å². The van der Waals surface area contributed by atoms with Gasteiger partial charge in [0.1, 0.15) is 22.8 Å². The number of nitrogens with zero attached hydrogens (tertiary/aromatic N) is 2. The lowest BCUT2D eigenvalue weighted by atomic mass is 10.1. The summed E-state index contributed by atoms with van der Waals surface area (Å²) in [5.41, 5.74) is 1.72. The Hall–Kier alpha value is -2.45. The van der Waals surface area contributed by atoms with E-state index in [0.717, 1.165) is 27.2 Å². The minimum atomic E-state index is -0.230. The SMILES string of the molecule is Cc1cc(F)ccc1C#CCC(C)Nc1ncnc2sccc12.